The molecule has 0 heterocycles. The standard InChI is InChI=1S/C20H18F3NO5/c1-13(19(26)24-16-5-3-4-6-17(16)27-2)28-18(25)12-9-14-7-10-15(11-8-14)29-20(21,22)23/h3-13H,1-2H3,(H,24,26)/b12-9+/t13-/m1/s1. The van der Waals surface area contributed by atoms with E-state index in [1.165, 1.54) is 32.2 Å². The van der Waals surface area contributed by atoms with Crippen LogP contribution in [0.25, 0.3) is 6.08 Å². The van der Waals surface area contributed by atoms with Gasteiger partial charge in [0.15, 0.2) is 6.10 Å². The maximum Gasteiger partial charge on any atom is 0.573 e. The van der Waals surface area contributed by atoms with E-state index in [0.29, 0.717) is 17.0 Å². The molecule has 0 unspecified atom stereocenters. The van der Waals surface area contributed by atoms with E-state index in [9.17, 15) is 22.8 Å². The molecule has 2 aromatic carbocycles. The molecule has 2 aromatic rings. The van der Waals surface area contributed by atoms with Crippen LogP contribution in [0.2, 0.25) is 0 Å². The highest BCUT2D eigenvalue weighted by Crippen LogP contribution is 2.24. The molecular formula is C20H18F3NO5. The summed E-state index contributed by atoms with van der Waals surface area (Å²) in [6.45, 7) is 1.40. The fourth-order valence-electron chi connectivity index (χ4n) is 2.19. The largest absolute Gasteiger partial charge is 0.573 e. The highest BCUT2D eigenvalue weighted by Gasteiger charge is 2.30. The molecule has 1 N–H and O–H groups in total. The lowest BCUT2D eigenvalue weighted by molar-refractivity contribution is -0.274. The van der Waals surface area contributed by atoms with E-state index in [-0.39, 0.29) is 5.75 Å². The summed E-state index contributed by atoms with van der Waals surface area (Å²) in [5.41, 5.74) is 0.877. The van der Waals surface area contributed by atoms with Crippen molar-refractivity contribution in [3.63, 3.8) is 0 Å². The summed E-state index contributed by atoms with van der Waals surface area (Å²) < 4.78 is 50.3. The van der Waals surface area contributed by atoms with E-state index in [2.05, 4.69) is 10.1 Å². The van der Waals surface area contributed by atoms with Crippen LogP contribution >= 0.6 is 0 Å². The molecule has 0 aromatic heterocycles. The Kier molecular flexibility index (Phi) is 7.24. The molecule has 1 amide bonds. The normalized spacial score (nSPS) is 12.3. The molecule has 0 aliphatic carbocycles. The Morgan fingerprint density at radius 3 is 2.34 bits per heavy atom. The second kappa shape index (κ2) is 9.63. The van der Waals surface area contributed by atoms with Gasteiger partial charge in [-0.05, 0) is 42.8 Å². The molecule has 0 saturated carbocycles. The quantitative estimate of drug-likeness (QED) is 0.549. The molecule has 0 aliphatic rings. The van der Waals surface area contributed by atoms with E-state index in [4.69, 9.17) is 9.47 Å². The predicted octanol–water partition coefficient (Wildman–Crippen LogP) is 4.18. The van der Waals surface area contributed by atoms with Gasteiger partial charge >= 0.3 is 12.3 Å². The van der Waals surface area contributed by atoms with Crippen LogP contribution in [0.1, 0.15) is 12.5 Å². The van der Waals surface area contributed by atoms with Crippen LogP contribution in [-0.2, 0) is 14.3 Å². The predicted molar refractivity (Wildman–Crippen MR) is 99.3 cm³/mol. The zero-order valence-electron chi connectivity index (χ0n) is 15.5. The molecule has 0 saturated heterocycles. The van der Waals surface area contributed by atoms with Gasteiger partial charge in [-0.1, -0.05) is 24.3 Å². The van der Waals surface area contributed by atoms with Gasteiger partial charge in [-0.25, -0.2) is 4.79 Å². The Labute approximate surface area is 164 Å². The topological polar surface area (TPSA) is 73.9 Å². The minimum atomic E-state index is -4.78. The van der Waals surface area contributed by atoms with Crippen molar-refractivity contribution >= 4 is 23.6 Å². The number of carbonyl (C=O) groups is 2. The van der Waals surface area contributed by atoms with Gasteiger partial charge in [-0.3, -0.25) is 4.79 Å². The Hall–Kier alpha value is -3.49. The van der Waals surface area contributed by atoms with Crippen molar-refractivity contribution in [2.24, 2.45) is 0 Å². The van der Waals surface area contributed by atoms with Gasteiger partial charge in [0.05, 0.1) is 12.8 Å². The number of amides is 1. The molecule has 6 nitrogen and oxygen atoms in total. The molecule has 0 spiro atoms. The van der Waals surface area contributed by atoms with E-state index in [0.717, 1.165) is 18.2 Å². The molecule has 154 valence electrons. The maximum atomic E-state index is 12.2. The summed E-state index contributed by atoms with van der Waals surface area (Å²) in [4.78, 5) is 24.0. The summed E-state index contributed by atoms with van der Waals surface area (Å²) in [7, 11) is 1.46. The fraction of sp³-hybridized carbons (Fsp3) is 0.200. The number of para-hydroxylation sites is 2. The molecule has 2 rings (SSSR count). The first kappa shape index (κ1) is 21.8. The number of ether oxygens (including phenoxy) is 3. The number of hydrogen-bond acceptors (Lipinski definition) is 5. The molecular weight excluding hydrogens is 391 g/mol. The number of alkyl halides is 3. The molecule has 0 fully saturated rings. The highest BCUT2D eigenvalue weighted by molar-refractivity contribution is 5.97. The molecule has 29 heavy (non-hydrogen) atoms. The lowest BCUT2D eigenvalue weighted by atomic mass is 10.2. The molecule has 0 radical (unpaired) electrons. The van der Waals surface area contributed by atoms with E-state index in [1.54, 1.807) is 24.3 Å². The lowest BCUT2D eigenvalue weighted by Crippen LogP contribution is -2.29. The Bertz CT molecular complexity index is 878. The van der Waals surface area contributed by atoms with Crippen LogP contribution in [0.4, 0.5) is 18.9 Å². The number of hydrogen-bond donors (Lipinski definition) is 1. The smallest absolute Gasteiger partial charge is 0.495 e. The van der Waals surface area contributed by atoms with Crippen molar-refractivity contribution in [2.75, 3.05) is 12.4 Å². The number of carbonyl (C=O) groups excluding carboxylic acids is 2. The zero-order valence-corrected chi connectivity index (χ0v) is 15.5. The maximum absolute atomic E-state index is 12.2. The third-order valence-corrected chi connectivity index (χ3v) is 3.55. The highest BCUT2D eigenvalue weighted by atomic mass is 19.4. The summed E-state index contributed by atoms with van der Waals surface area (Å²) in [6, 6.07) is 11.7. The van der Waals surface area contributed by atoms with Crippen LogP contribution in [0.15, 0.2) is 54.6 Å². The van der Waals surface area contributed by atoms with E-state index in [1.807, 2.05) is 0 Å². The van der Waals surface area contributed by atoms with Crippen LogP contribution in [0, 0.1) is 0 Å². The van der Waals surface area contributed by atoms with Crippen LogP contribution in [0.3, 0.4) is 0 Å². The first-order valence-electron chi connectivity index (χ1n) is 8.36. The van der Waals surface area contributed by atoms with Gasteiger partial charge in [0.2, 0.25) is 0 Å². The van der Waals surface area contributed by atoms with Gasteiger partial charge < -0.3 is 19.5 Å². The van der Waals surface area contributed by atoms with Crippen LogP contribution < -0.4 is 14.8 Å². The average molecular weight is 409 g/mol. The van der Waals surface area contributed by atoms with Crippen molar-refractivity contribution in [1.29, 1.82) is 0 Å². The van der Waals surface area contributed by atoms with Gasteiger partial charge in [0.25, 0.3) is 5.91 Å². The average Bonchev–Trinajstić information content (AvgIpc) is 2.66. The first-order chi connectivity index (χ1) is 13.7. The van der Waals surface area contributed by atoms with Gasteiger partial charge in [-0.2, -0.15) is 0 Å². The third-order valence-electron chi connectivity index (χ3n) is 3.55. The van der Waals surface area contributed by atoms with Crippen LogP contribution in [0.5, 0.6) is 11.5 Å². The van der Waals surface area contributed by atoms with Crippen molar-refractivity contribution in [3.05, 3.63) is 60.2 Å². The van der Waals surface area contributed by atoms with Crippen LogP contribution in [-0.4, -0.2) is 31.5 Å². The molecule has 0 bridgehead atoms. The second-order valence-electron chi connectivity index (χ2n) is 5.72. The van der Waals surface area contributed by atoms with Gasteiger partial charge in [-0.15, -0.1) is 13.2 Å². The summed E-state index contributed by atoms with van der Waals surface area (Å²) in [5, 5.41) is 2.59. The lowest BCUT2D eigenvalue weighted by Gasteiger charge is -2.14. The number of benzene rings is 2. The molecule has 9 heteroatoms. The van der Waals surface area contributed by atoms with Crippen molar-refractivity contribution in [1.82, 2.24) is 0 Å². The third kappa shape index (κ3) is 7.21. The molecule has 0 aliphatic heterocycles. The minimum Gasteiger partial charge on any atom is -0.495 e. The number of anilines is 1. The molecule has 1 atom stereocenters. The monoisotopic (exact) mass is 409 g/mol. The zero-order chi connectivity index (χ0) is 21.4. The SMILES string of the molecule is COc1ccccc1NC(=O)[C@@H](C)OC(=O)/C=C/c1ccc(OC(F)(F)F)cc1. The summed E-state index contributed by atoms with van der Waals surface area (Å²) in [5.74, 6) is -1.26. The Morgan fingerprint density at radius 2 is 1.72 bits per heavy atom. The number of methoxy groups -OCH3 is 1. The number of esters is 1. The summed E-state index contributed by atoms with van der Waals surface area (Å²) >= 11 is 0. The Balaban J connectivity index is 1.89. The minimum absolute atomic E-state index is 0.376. The number of halogens is 3. The van der Waals surface area contributed by atoms with Gasteiger partial charge in [0, 0.05) is 6.08 Å². The van der Waals surface area contributed by atoms with Crippen molar-refractivity contribution in [3.8, 4) is 11.5 Å². The fourth-order valence-corrected chi connectivity index (χ4v) is 2.19. The second-order valence-corrected chi connectivity index (χ2v) is 5.72. The number of rotatable bonds is 7. The van der Waals surface area contributed by atoms with E-state index >= 15 is 0 Å². The van der Waals surface area contributed by atoms with Crippen molar-refractivity contribution in [2.45, 2.75) is 19.4 Å². The Morgan fingerprint density at radius 1 is 1.07 bits per heavy atom. The summed E-state index contributed by atoms with van der Waals surface area (Å²) in [6.07, 6.45) is -3.46. The first-order valence-corrected chi connectivity index (χ1v) is 8.36. The van der Waals surface area contributed by atoms with Gasteiger partial charge in [0.1, 0.15) is 11.5 Å². The van der Waals surface area contributed by atoms with E-state index < -0.39 is 24.3 Å². The van der Waals surface area contributed by atoms with Crippen molar-refractivity contribution < 1.29 is 37.0 Å². The number of nitrogens with one attached hydrogen (secondary N) is 1.